The van der Waals surface area contributed by atoms with Gasteiger partial charge in [0.1, 0.15) is 6.61 Å². The largest absolute Gasteiger partial charge is 0.486 e. The Hall–Kier alpha value is -2.31. The molecule has 1 saturated heterocycles. The monoisotopic (exact) mass is 518 g/mol. The van der Waals surface area contributed by atoms with Gasteiger partial charge in [0.25, 0.3) is 5.91 Å². The van der Waals surface area contributed by atoms with E-state index in [9.17, 15) is 4.79 Å². The van der Waals surface area contributed by atoms with E-state index in [1.54, 1.807) is 24.3 Å². The fourth-order valence-electron chi connectivity index (χ4n) is 3.27. The second-order valence-corrected chi connectivity index (χ2v) is 9.74. The molecule has 170 valence electrons. The predicted octanol–water partition coefficient (Wildman–Crippen LogP) is 7.39. The summed E-state index contributed by atoms with van der Waals surface area (Å²) in [5, 5.41) is 7.57. The van der Waals surface area contributed by atoms with Crippen LogP contribution in [0.4, 0.5) is 5.69 Å². The maximum Gasteiger partial charge on any atom is 0.260 e. The molecule has 1 aliphatic rings. The van der Waals surface area contributed by atoms with Gasteiger partial charge in [-0.05, 0) is 54.0 Å². The highest BCUT2D eigenvalue weighted by atomic mass is 35.5. The Balaban J connectivity index is 1.44. The highest BCUT2D eigenvalue weighted by molar-refractivity contribution is 8.05. The third-order valence-electron chi connectivity index (χ3n) is 5.04. The van der Waals surface area contributed by atoms with Crippen LogP contribution in [0.2, 0.25) is 15.1 Å². The van der Waals surface area contributed by atoms with Gasteiger partial charge < -0.3 is 15.4 Å². The summed E-state index contributed by atoms with van der Waals surface area (Å²) in [5.74, 6) is 0.216. The number of hydrogen-bond donors (Lipinski definition) is 2. The number of aryl methyl sites for hydroxylation is 1. The number of thioether (sulfide) groups is 1. The van der Waals surface area contributed by atoms with Crippen molar-refractivity contribution in [3.63, 3.8) is 0 Å². The summed E-state index contributed by atoms with van der Waals surface area (Å²) < 4.78 is 5.82. The lowest BCUT2D eigenvalue weighted by molar-refractivity contribution is -0.116. The number of carbonyl (C=O) groups excluding carboxylic acids is 1. The quantitative estimate of drug-likeness (QED) is 0.320. The maximum atomic E-state index is 12.5. The molecule has 1 fully saturated rings. The second kappa shape index (κ2) is 10.7. The lowest BCUT2D eigenvalue weighted by Crippen LogP contribution is -2.30. The van der Waals surface area contributed by atoms with Crippen molar-refractivity contribution in [1.29, 1.82) is 0 Å². The van der Waals surface area contributed by atoms with Crippen molar-refractivity contribution in [2.75, 3.05) is 5.32 Å². The molecule has 2 N–H and O–H groups in total. The van der Waals surface area contributed by atoms with Gasteiger partial charge in [-0.2, -0.15) is 0 Å². The molecule has 4 rings (SSSR count). The van der Waals surface area contributed by atoms with Crippen molar-refractivity contribution >= 4 is 64.2 Å². The fourth-order valence-corrected chi connectivity index (χ4v) is 5.06. The van der Waals surface area contributed by atoms with Crippen LogP contribution in [0.5, 0.6) is 5.75 Å². The van der Waals surface area contributed by atoms with Crippen LogP contribution in [0.15, 0.2) is 65.6 Å². The Morgan fingerprint density at radius 2 is 1.73 bits per heavy atom. The smallest absolute Gasteiger partial charge is 0.260 e. The van der Waals surface area contributed by atoms with E-state index < -0.39 is 0 Å². The Kier molecular flexibility index (Phi) is 7.76. The fraction of sp³-hybridized carbons (Fsp3) is 0.160. The van der Waals surface area contributed by atoms with E-state index in [1.165, 1.54) is 17.3 Å². The molecule has 1 atom stereocenters. The molecule has 1 heterocycles. The average Bonchev–Trinajstić information content (AvgIpc) is 3.13. The number of carbonyl (C=O) groups is 1. The number of nitrogens with one attached hydrogen (secondary N) is 2. The minimum absolute atomic E-state index is 0.158. The van der Waals surface area contributed by atoms with Crippen LogP contribution in [0.1, 0.15) is 23.6 Å². The first kappa shape index (κ1) is 23.8. The molecule has 0 spiro atoms. The van der Waals surface area contributed by atoms with Crippen LogP contribution in [-0.2, 0) is 17.8 Å². The third-order valence-corrected chi connectivity index (χ3v) is 7.00. The van der Waals surface area contributed by atoms with Crippen molar-refractivity contribution in [1.82, 2.24) is 5.32 Å². The molecule has 0 radical (unpaired) electrons. The Bertz CT molecular complexity index is 1180. The molecule has 0 unspecified atom stereocenters. The summed E-state index contributed by atoms with van der Waals surface area (Å²) in [6.45, 7) is 2.35. The van der Waals surface area contributed by atoms with Gasteiger partial charge in [-0.3, -0.25) is 4.79 Å². The van der Waals surface area contributed by atoms with E-state index in [1.807, 2.05) is 30.3 Å². The summed E-state index contributed by atoms with van der Waals surface area (Å²) in [7, 11) is 0. The van der Waals surface area contributed by atoms with E-state index >= 15 is 0 Å². The molecule has 1 aliphatic heterocycles. The Morgan fingerprint density at radius 3 is 2.39 bits per heavy atom. The number of rotatable bonds is 7. The van der Waals surface area contributed by atoms with E-state index in [-0.39, 0.29) is 18.0 Å². The highest BCUT2D eigenvalue weighted by Crippen LogP contribution is 2.37. The highest BCUT2D eigenvalue weighted by Gasteiger charge is 2.27. The Labute approximate surface area is 212 Å². The normalized spacial score (nSPS) is 16.7. The first-order valence-corrected chi connectivity index (χ1v) is 12.3. The molecule has 0 bridgehead atoms. The number of anilines is 1. The number of halogens is 3. The van der Waals surface area contributed by atoms with Gasteiger partial charge in [0.15, 0.2) is 11.2 Å². The number of amides is 1. The Morgan fingerprint density at radius 1 is 1.03 bits per heavy atom. The summed E-state index contributed by atoms with van der Waals surface area (Å²) in [6, 6.07) is 19.0. The lowest BCUT2D eigenvalue weighted by atomic mass is 10.1. The molecule has 4 nitrogen and oxygen atoms in total. The van der Waals surface area contributed by atoms with Gasteiger partial charge in [-0.15, -0.1) is 0 Å². The topological polar surface area (TPSA) is 50.4 Å². The first-order valence-electron chi connectivity index (χ1n) is 10.3. The van der Waals surface area contributed by atoms with Crippen molar-refractivity contribution in [2.24, 2.45) is 0 Å². The molecule has 3 aromatic rings. The van der Waals surface area contributed by atoms with Gasteiger partial charge in [-0.25, -0.2) is 0 Å². The van der Waals surface area contributed by atoms with Crippen molar-refractivity contribution in [2.45, 2.75) is 25.4 Å². The van der Waals surface area contributed by atoms with E-state index in [0.717, 1.165) is 17.7 Å². The standard InChI is InChI=1S/C25H21Cl3N2O2S/c1-2-15-7-9-18(10-8-15)29-25-30-24(31)22(33-25)13-16-11-20(27)23(21(28)12-16)32-14-17-5-3-4-6-19(17)26/h3-13,25,29H,2,14H2,1H3,(H,30,31)/b22-13-/t25-/m0/s1. The molecular weight excluding hydrogens is 499 g/mol. The molecule has 0 aromatic heterocycles. The van der Waals surface area contributed by atoms with Crippen LogP contribution < -0.4 is 15.4 Å². The SMILES string of the molecule is CCc1ccc(N[C@H]2NC(=O)/C(=C/c3cc(Cl)c(OCc4ccccc4Cl)c(Cl)c3)S2)cc1. The van der Waals surface area contributed by atoms with Crippen LogP contribution in [0.3, 0.4) is 0 Å². The van der Waals surface area contributed by atoms with Gasteiger partial charge in [0, 0.05) is 16.3 Å². The summed E-state index contributed by atoms with van der Waals surface area (Å²) in [6.07, 6.45) is 2.74. The molecule has 1 amide bonds. The number of hydrogen-bond acceptors (Lipinski definition) is 4. The third kappa shape index (κ3) is 5.98. The minimum Gasteiger partial charge on any atom is -0.486 e. The van der Waals surface area contributed by atoms with Gasteiger partial charge >= 0.3 is 0 Å². The molecule has 33 heavy (non-hydrogen) atoms. The van der Waals surface area contributed by atoms with Gasteiger partial charge in [0.05, 0.1) is 15.0 Å². The van der Waals surface area contributed by atoms with E-state index in [2.05, 4.69) is 29.7 Å². The average molecular weight is 520 g/mol. The summed E-state index contributed by atoms with van der Waals surface area (Å²) >= 11 is 20.4. The molecule has 8 heteroatoms. The van der Waals surface area contributed by atoms with Crippen LogP contribution >= 0.6 is 46.6 Å². The first-order chi connectivity index (χ1) is 15.9. The van der Waals surface area contributed by atoms with Gasteiger partial charge in [-0.1, -0.05) is 83.8 Å². The second-order valence-electron chi connectivity index (χ2n) is 7.37. The molecular formula is C25H21Cl3N2O2S. The van der Waals surface area contributed by atoms with Gasteiger partial charge in [0.2, 0.25) is 0 Å². The zero-order chi connectivity index (χ0) is 23.4. The summed E-state index contributed by atoms with van der Waals surface area (Å²) in [4.78, 5) is 13.0. The minimum atomic E-state index is -0.264. The lowest BCUT2D eigenvalue weighted by Gasteiger charge is -2.13. The van der Waals surface area contributed by atoms with Crippen molar-refractivity contribution in [3.8, 4) is 5.75 Å². The van der Waals surface area contributed by atoms with Crippen LogP contribution in [0, 0.1) is 0 Å². The van der Waals surface area contributed by atoms with Crippen molar-refractivity contribution < 1.29 is 9.53 Å². The van der Waals surface area contributed by atoms with Crippen LogP contribution in [-0.4, -0.2) is 11.4 Å². The number of benzene rings is 3. The van der Waals surface area contributed by atoms with E-state index in [4.69, 9.17) is 39.5 Å². The molecule has 0 saturated carbocycles. The predicted molar refractivity (Wildman–Crippen MR) is 139 cm³/mol. The summed E-state index contributed by atoms with van der Waals surface area (Å²) in [5.41, 5.74) is 3.48. The zero-order valence-electron chi connectivity index (χ0n) is 17.7. The molecule has 3 aromatic carbocycles. The van der Waals surface area contributed by atoms with Crippen molar-refractivity contribution in [3.05, 3.63) is 97.3 Å². The zero-order valence-corrected chi connectivity index (χ0v) is 20.8. The number of ether oxygens (including phenoxy) is 1. The van der Waals surface area contributed by atoms with Crippen LogP contribution in [0.25, 0.3) is 6.08 Å². The molecule has 0 aliphatic carbocycles. The van der Waals surface area contributed by atoms with E-state index in [0.29, 0.717) is 31.3 Å². The maximum absolute atomic E-state index is 12.5.